The van der Waals surface area contributed by atoms with Crippen LogP contribution in [0.4, 0.5) is 0 Å². The summed E-state index contributed by atoms with van der Waals surface area (Å²) in [7, 11) is 3.82. The summed E-state index contributed by atoms with van der Waals surface area (Å²) in [5.74, 6) is -0.493. The molecule has 137 valence electrons. The zero-order valence-electron chi connectivity index (χ0n) is 15.5. The number of piperidine rings is 1. The van der Waals surface area contributed by atoms with Crippen molar-refractivity contribution in [3.63, 3.8) is 0 Å². The Balaban J connectivity index is 1.95. The van der Waals surface area contributed by atoms with Crippen LogP contribution in [0.15, 0.2) is 30.3 Å². The van der Waals surface area contributed by atoms with Crippen molar-refractivity contribution >= 4 is 13.8 Å². The van der Waals surface area contributed by atoms with Gasteiger partial charge in [0.05, 0.1) is 7.85 Å². The van der Waals surface area contributed by atoms with Crippen molar-refractivity contribution in [1.82, 2.24) is 10.2 Å². The van der Waals surface area contributed by atoms with E-state index in [2.05, 4.69) is 55.3 Å². The number of aliphatic carboxylic acids is 1. The van der Waals surface area contributed by atoms with Gasteiger partial charge in [0.1, 0.15) is 6.04 Å². The maximum absolute atomic E-state index is 11.6. The predicted molar refractivity (Wildman–Crippen MR) is 104 cm³/mol. The summed E-state index contributed by atoms with van der Waals surface area (Å²) in [6.07, 6.45) is 5.97. The number of benzene rings is 1. The predicted octanol–water partition coefficient (Wildman–Crippen LogP) is 2.99. The molecule has 2 rings (SSSR count). The van der Waals surface area contributed by atoms with Gasteiger partial charge in [-0.1, -0.05) is 50.0 Å². The first-order chi connectivity index (χ1) is 12.2. The van der Waals surface area contributed by atoms with E-state index in [4.69, 9.17) is 0 Å². The van der Waals surface area contributed by atoms with E-state index in [9.17, 15) is 9.90 Å². The molecule has 1 aromatic carbocycles. The average molecular weight is 343 g/mol. The molecule has 25 heavy (non-hydrogen) atoms. The number of likely N-dealkylation sites (tertiary alicyclic amines) is 1. The van der Waals surface area contributed by atoms with Gasteiger partial charge in [-0.3, -0.25) is 9.69 Å². The maximum atomic E-state index is 11.6. The zero-order valence-corrected chi connectivity index (χ0v) is 15.5. The van der Waals surface area contributed by atoms with Crippen LogP contribution in [0.2, 0.25) is 6.32 Å². The van der Waals surface area contributed by atoms with Crippen molar-refractivity contribution < 1.29 is 9.90 Å². The lowest BCUT2D eigenvalue weighted by molar-refractivity contribution is -0.141. The Hall–Kier alpha value is -1.33. The van der Waals surface area contributed by atoms with Crippen molar-refractivity contribution in [2.24, 2.45) is 5.92 Å². The Bertz CT molecular complexity index is 504. The van der Waals surface area contributed by atoms with Crippen molar-refractivity contribution in [1.29, 1.82) is 0 Å². The molecule has 0 saturated carbocycles. The summed E-state index contributed by atoms with van der Waals surface area (Å²) in [4.78, 5) is 14.2. The number of rotatable bonds is 10. The molecule has 2 atom stereocenters. The van der Waals surface area contributed by atoms with Crippen molar-refractivity contribution in [3.8, 4) is 0 Å². The van der Waals surface area contributed by atoms with E-state index in [1.807, 2.05) is 0 Å². The van der Waals surface area contributed by atoms with Crippen LogP contribution in [0.1, 0.15) is 50.6 Å². The Morgan fingerprint density at radius 2 is 2.00 bits per heavy atom. The quantitative estimate of drug-likeness (QED) is 0.507. The summed E-state index contributed by atoms with van der Waals surface area (Å²) in [6.45, 7) is 4.93. The lowest BCUT2D eigenvalue weighted by Gasteiger charge is -2.39. The molecule has 1 fully saturated rings. The van der Waals surface area contributed by atoms with Gasteiger partial charge in [-0.2, -0.15) is 0 Å². The molecular weight excluding hydrogens is 311 g/mol. The minimum Gasteiger partial charge on any atom is -0.480 e. The smallest absolute Gasteiger partial charge is 0.320 e. The number of hydrogen-bond acceptors (Lipinski definition) is 3. The highest BCUT2D eigenvalue weighted by Gasteiger charge is 2.33. The second kappa shape index (κ2) is 10.6. The molecular formula is C20H32BN2O2. The summed E-state index contributed by atoms with van der Waals surface area (Å²) in [5, 5.41) is 12.8. The summed E-state index contributed by atoms with van der Waals surface area (Å²) in [6, 6.07) is 10.7. The number of carboxylic acids is 1. The molecule has 0 aliphatic carbocycles. The van der Waals surface area contributed by atoms with Gasteiger partial charge < -0.3 is 10.4 Å². The first-order valence-corrected chi connectivity index (χ1v) is 9.71. The molecule has 1 aliphatic heterocycles. The number of hydrogen-bond donors (Lipinski definition) is 2. The normalized spacial score (nSPS) is 18.8. The molecule has 1 radical (unpaired) electrons. The minimum atomic E-state index is -0.712. The third-order valence-electron chi connectivity index (χ3n) is 5.29. The van der Waals surface area contributed by atoms with Gasteiger partial charge in [-0.15, -0.1) is 0 Å². The van der Waals surface area contributed by atoms with Gasteiger partial charge in [0.2, 0.25) is 0 Å². The molecule has 0 amide bonds. The van der Waals surface area contributed by atoms with Crippen LogP contribution in [0.3, 0.4) is 0 Å². The molecule has 5 heteroatoms. The van der Waals surface area contributed by atoms with Crippen LogP contribution >= 0.6 is 0 Å². The highest BCUT2D eigenvalue weighted by atomic mass is 16.4. The second-order valence-corrected chi connectivity index (χ2v) is 7.07. The van der Waals surface area contributed by atoms with Crippen LogP contribution in [0, 0.1) is 5.92 Å². The first-order valence-electron chi connectivity index (χ1n) is 9.71. The van der Waals surface area contributed by atoms with E-state index in [1.165, 1.54) is 5.56 Å². The molecule has 0 spiro atoms. The fourth-order valence-electron chi connectivity index (χ4n) is 3.91. The van der Waals surface area contributed by atoms with Crippen molar-refractivity contribution in [2.45, 2.75) is 57.4 Å². The van der Waals surface area contributed by atoms with E-state index in [0.29, 0.717) is 6.04 Å². The van der Waals surface area contributed by atoms with E-state index >= 15 is 0 Å². The largest absolute Gasteiger partial charge is 0.480 e. The Kier molecular flexibility index (Phi) is 8.49. The maximum Gasteiger partial charge on any atom is 0.320 e. The SMILES string of the molecule is [BH]CCCNC(C(=O)O)C1CCN(C(CCC)c2ccccc2)CC1. The fraction of sp³-hybridized carbons (Fsp3) is 0.650. The molecule has 2 unspecified atom stereocenters. The molecule has 1 saturated heterocycles. The van der Waals surface area contributed by atoms with Gasteiger partial charge in [-0.05, 0) is 56.8 Å². The van der Waals surface area contributed by atoms with Gasteiger partial charge in [-0.25, -0.2) is 0 Å². The van der Waals surface area contributed by atoms with E-state index in [-0.39, 0.29) is 5.92 Å². The topological polar surface area (TPSA) is 52.6 Å². The second-order valence-electron chi connectivity index (χ2n) is 7.07. The van der Waals surface area contributed by atoms with Crippen LogP contribution in [0.5, 0.6) is 0 Å². The van der Waals surface area contributed by atoms with Crippen LogP contribution < -0.4 is 5.32 Å². The summed E-state index contributed by atoms with van der Waals surface area (Å²) < 4.78 is 0. The molecule has 0 aromatic heterocycles. The lowest BCUT2D eigenvalue weighted by atomic mass is 9.87. The summed E-state index contributed by atoms with van der Waals surface area (Å²) >= 11 is 0. The van der Waals surface area contributed by atoms with Crippen LogP contribution in [-0.4, -0.2) is 49.5 Å². The third-order valence-corrected chi connectivity index (χ3v) is 5.29. The highest BCUT2D eigenvalue weighted by Crippen LogP contribution is 2.31. The average Bonchev–Trinajstić information content (AvgIpc) is 2.64. The lowest BCUT2D eigenvalue weighted by Crippen LogP contribution is -2.48. The number of nitrogens with zero attached hydrogens (tertiary/aromatic N) is 1. The van der Waals surface area contributed by atoms with E-state index < -0.39 is 12.0 Å². The Morgan fingerprint density at radius 1 is 1.32 bits per heavy atom. The summed E-state index contributed by atoms with van der Waals surface area (Å²) in [5.41, 5.74) is 1.38. The minimum absolute atomic E-state index is 0.219. The third kappa shape index (κ3) is 5.86. The van der Waals surface area contributed by atoms with Gasteiger partial charge >= 0.3 is 5.97 Å². The Labute approximate surface area is 153 Å². The number of carboxylic acid groups (broad SMARTS) is 1. The van der Waals surface area contributed by atoms with Gasteiger partial charge in [0, 0.05) is 6.04 Å². The molecule has 1 heterocycles. The van der Waals surface area contributed by atoms with E-state index in [0.717, 1.165) is 58.1 Å². The highest BCUT2D eigenvalue weighted by molar-refractivity contribution is 6.08. The monoisotopic (exact) mass is 343 g/mol. The van der Waals surface area contributed by atoms with Crippen molar-refractivity contribution in [3.05, 3.63) is 35.9 Å². The van der Waals surface area contributed by atoms with Gasteiger partial charge in [0.25, 0.3) is 0 Å². The number of carbonyl (C=O) groups is 1. The molecule has 0 bridgehead atoms. The van der Waals surface area contributed by atoms with Crippen LogP contribution in [0.25, 0.3) is 0 Å². The fourth-order valence-corrected chi connectivity index (χ4v) is 3.91. The van der Waals surface area contributed by atoms with Crippen LogP contribution in [-0.2, 0) is 4.79 Å². The Morgan fingerprint density at radius 3 is 2.56 bits per heavy atom. The zero-order chi connectivity index (χ0) is 18.1. The molecule has 2 N–H and O–H groups in total. The first kappa shape index (κ1) is 20.0. The van der Waals surface area contributed by atoms with Crippen molar-refractivity contribution in [2.75, 3.05) is 19.6 Å². The van der Waals surface area contributed by atoms with Gasteiger partial charge in [0.15, 0.2) is 0 Å². The standard InChI is InChI=1S/C20H32BN2O2/c1-2-7-18(16-8-4-3-5-9-16)23-14-10-17(11-15-23)19(20(24)25)22-13-6-12-21/h3-5,8-9,17-19,21-22H,2,6-7,10-15H2,1H3,(H,24,25). The number of nitrogens with one attached hydrogen (secondary N) is 1. The molecule has 4 nitrogen and oxygen atoms in total. The molecule has 1 aromatic rings. The molecule has 1 aliphatic rings. The van der Waals surface area contributed by atoms with E-state index in [1.54, 1.807) is 0 Å².